The summed E-state index contributed by atoms with van der Waals surface area (Å²) in [6.07, 6.45) is 2.47. The highest BCUT2D eigenvalue weighted by Gasteiger charge is 2.20. The predicted molar refractivity (Wildman–Crippen MR) is 78.8 cm³/mol. The second-order valence-electron chi connectivity index (χ2n) is 5.50. The van der Waals surface area contributed by atoms with Crippen molar-refractivity contribution in [2.45, 2.75) is 26.0 Å². The van der Waals surface area contributed by atoms with E-state index in [1.54, 1.807) is 14.2 Å². The molecule has 1 atom stereocenters. The van der Waals surface area contributed by atoms with Gasteiger partial charge in [0.1, 0.15) is 5.75 Å². The molecule has 0 spiro atoms. The van der Waals surface area contributed by atoms with Gasteiger partial charge in [0.25, 0.3) is 0 Å². The molecular weight excluding hydrogens is 254 g/mol. The minimum absolute atomic E-state index is 0.0727. The first-order valence-corrected chi connectivity index (χ1v) is 7.24. The van der Waals surface area contributed by atoms with E-state index in [-0.39, 0.29) is 6.61 Å². The van der Waals surface area contributed by atoms with Gasteiger partial charge in [0, 0.05) is 25.8 Å². The smallest absolute Gasteiger partial charge is 0.123 e. The molecule has 1 aliphatic rings. The Bertz CT molecular complexity index is 420. The topological polar surface area (TPSA) is 41.9 Å². The zero-order valence-corrected chi connectivity index (χ0v) is 12.5. The maximum atomic E-state index is 9.27. The summed E-state index contributed by atoms with van der Waals surface area (Å²) in [4.78, 5) is 2.45. The second-order valence-corrected chi connectivity index (χ2v) is 5.50. The molecule has 1 aliphatic heterocycles. The van der Waals surface area contributed by atoms with E-state index < -0.39 is 0 Å². The first kappa shape index (κ1) is 15.3. The van der Waals surface area contributed by atoms with Gasteiger partial charge >= 0.3 is 0 Å². The van der Waals surface area contributed by atoms with Gasteiger partial charge in [-0.05, 0) is 43.0 Å². The van der Waals surface area contributed by atoms with Crippen LogP contribution in [0.25, 0.3) is 0 Å². The van der Waals surface area contributed by atoms with Crippen molar-refractivity contribution in [3.8, 4) is 5.75 Å². The van der Waals surface area contributed by atoms with Crippen LogP contribution in [0, 0.1) is 5.92 Å². The number of piperidine rings is 1. The van der Waals surface area contributed by atoms with Crippen LogP contribution in [0.3, 0.4) is 0 Å². The van der Waals surface area contributed by atoms with Crippen LogP contribution in [-0.2, 0) is 17.9 Å². The SMILES string of the molecule is COCC1CCCN(Cc2cc(CO)ccc2OC)C1. The van der Waals surface area contributed by atoms with E-state index in [4.69, 9.17) is 9.47 Å². The lowest BCUT2D eigenvalue weighted by atomic mass is 9.98. The average Bonchev–Trinajstić information content (AvgIpc) is 2.48. The van der Waals surface area contributed by atoms with E-state index in [9.17, 15) is 5.11 Å². The Morgan fingerprint density at radius 1 is 1.35 bits per heavy atom. The standard InChI is InChI=1S/C16H25NO3/c1-19-12-14-4-3-7-17(9-14)10-15-8-13(11-18)5-6-16(15)20-2/h5-6,8,14,18H,3-4,7,9-12H2,1-2H3. The number of rotatable bonds is 6. The number of likely N-dealkylation sites (tertiary alicyclic amines) is 1. The summed E-state index contributed by atoms with van der Waals surface area (Å²) in [5.41, 5.74) is 2.09. The molecule has 1 heterocycles. The van der Waals surface area contributed by atoms with Crippen LogP contribution in [0.15, 0.2) is 18.2 Å². The van der Waals surface area contributed by atoms with Gasteiger partial charge in [-0.3, -0.25) is 4.90 Å². The molecule has 1 N–H and O–H groups in total. The van der Waals surface area contributed by atoms with Crippen molar-refractivity contribution in [1.82, 2.24) is 4.90 Å². The Hall–Kier alpha value is -1.10. The lowest BCUT2D eigenvalue weighted by Crippen LogP contribution is -2.36. The Balaban J connectivity index is 2.04. The van der Waals surface area contributed by atoms with Crippen molar-refractivity contribution < 1.29 is 14.6 Å². The third-order valence-corrected chi connectivity index (χ3v) is 3.93. The summed E-state index contributed by atoms with van der Waals surface area (Å²) in [5.74, 6) is 1.52. The van der Waals surface area contributed by atoms with Gasteiger partial charge < -0.3 is 14.6 Å². The summed E-state index contributed by atoms with van der Waals surface area (Å²) in [6.45, 7) is 3.97. The van der Waals surface area contributed by atoms with Crippen LogP contribution in [0.5, 0.6) is 5.75 Å². The Morgan fingerprint density at radius 3 is 2.90 bits per heavy atom. The van der Waals surface area contributed by atoms with Crippen molar-refractivity contribution in [2.75, 3.05) is 33.9 Å². The van der Waals surface area contributed by atoms with Crippen LogP contribution in [0.1, 0.15) is 24.0 Å². The summed E-state index contributed by atoms with van der Waals surface area (Å²) in [6, 6.07) is 5.89. The number of aliphatic hydroxyl groups excluding tert-OH is 1. The molecule has 4 heteroatoms. The highest BCUT2D eigenvalue weighted by atomic mass is 16.5. The number of methoxy groups -OCH3 is 2. The van der Waals surface area contributed by atoms with Gasteiger partial charge in [-0.15, -0.1) is 0 Å². The quantitative estimate of drug-likeness (QED) is 0.865. The number of hydrogen-bond donors (Lipinski definition) is 1. The summed E-state index contributed by atoms with van der Waals surface area (Å²) >= 11 is 0. The van der Waals surface area contributed by atoms with Gasteiger partial charge in [-0.2, -0.15) is 0 Å². The zero-order chi connectivity index (χ0) is 14.4. The maximum absolute atomic E-state index is 9.27. The number of ether oxygens (including phenoxy) is 2. The minimum atomic E-state index is 0.0727. The number of hydrogen-bond acceptors (Lipinski definition) is 4. The molecule has 0 aliphatic carbocycles. The fourth-order valence-corrected chi connectivity index (χ4v) is 2.96. The van der Waals surface area contributed by atoms with E-state index in [1.165, 1.54) is 12.8 Å². The molecule has 0 saturated carbocycles. The third-order valence-electron chi connectivity index (χ3n) is 3.93. The van der Waals surface area contributed by atoms with Crippen LogP contribution < -0.4 is 4.74 Å². The van der Waals surface area contributed by atoms with Crippen molar-refractivity contribution in [2.24, 2.45) is 5.92 Å². The van der Waals surface area contributed by atoms with E-state index in [0.29, 0.717) is 5.92 Å². The zero-order valence-electron chi connectivity index (χ0n) is 12.5. The van der Waals surface area contributed by atoms with Gasteiger partial charge in [-0.1, -0.05) is 6.07 Å². The van der Waals surface area contributed by atoms with E-state index in [0.717, 1.165) is 43.1 Å². The molecule has 0 amide bonds. The van der Waals surface area contributed by atoms with Crippen molar-refractivity contribution >= 4 is 0 Å². The van der Waals surface area contributed by atoms with Crippen LogP contribution in [-0.4, -0.2) is 43.9 Å². The molecule has 0 bridgehead atoms. The Labute approximate surface area is 121 Å². The van der Waals surface area contributed by atoms with E-state index in [1.807, 2.05) is 18.2 Å². The molecule has 1 fully saturated rings. The second kappa shape index (κ2) is 7.62. The molecule has 2 rings (SSSR count). The lowest BCUT2D eigenvalue weighted by molar-refractivity contribution is 0.0870. The van der Waals surface area contributed by atoms with Crippen molar-refractivity contribution in [3.63, 3.8) is 0 Å². The average molecular weight is 279 g/mol. The monoisotopic (exact) mass is 279 g/mol. The highest BCUT2D eigenvalue weighted by Crippen LogP contribution is 2.24. The van der Waals surface area contributed by atoms with Crippen LogP contribution in [0.4, 0.5) is 0 Å². The van der Waals surface area contributed by atoms with Crippen LogP contribution >= 0.6 is 0 Å². The molecule has 0 aromatic heterocycles. The molecular formula is C16H25NO3. The summed E-state index contributed by atoms with van der Waals surface area (Å²) in [7, 11) is 3.47. The highest BCUT2D eigenvalue weighted by molar-refractivity contribution is 5.37. The summed E-state index contributed by atoms with van der Waals surface area (Å²) in [5, 5.41) is 9.27. The van der Waals surface area contributed by atoms with Gasteiger partial charge in [0.15, 0.2) is 0 Å². The summed E-state index contributed by atoms with van der Waals surface area (Å²) < 4.78 is 10.7. The third kappa shape index (κ3) is 3.95. The molecule has 1 unspecified atom stereocenters. The lowest BCUT2D eigenvalue weighted by Gasteiger charge is -2.32. The molecule has 1 aromatic rings. The van der Waals surface area contributed by atoms with Crippen LogP contribution in [0.2, 0.25) is 0 Å². The van der Waals surface area contributed by atoms with Gasteiger partial charge in [0.05, 0.1) is 20.3 Å². The fraction of sp³-hybridized carbons (Fsp3) is 0.625. The molecule has 20 heavy (non-hydrogen) atoms. The molecule has 1 aromatic carbocycles. The molecule has 4 nitrogen and oxygen atoms in total. The number of benzene rings is 1. The van der Waals surface area contributed by atoms with Gasteiger partial charge in [-0.25, -0.2) is 0 Å². The number of nitrogens with zero attached hydrogens (tertiary/aromatic N) is 1. The molecule has 0 radical (unpaired) electrons. The first-order chi connectivity index (χ1) is 9.76. The largest absolute Gasteiger partial charge is 0.496 e. The van der Waals surface area contributed by atoms with Crippen molar-refractivity contribution in [1.29, 1.82) is 0 Å². The predicted octanol–water partition coefficient (Wildman–Crippen LogP) is 2.05. The van der Waals surface area contributed by atoms with Crippen molar-refractivity contribution in [3.05, 3.63) is 29.3 Å². The molecule has 1 saturated heterocycles. The minimum Gasteiger partial charge on any atom is -0.496 e. The normalized spacial score (nSPS) is 20.1. The maximum Gasteiger partial charge on any atom is 0.123 e. The Morgan fingerprint density at radius 2 is 2.20 bits per heavy atom. The van der Waals surface area contributed by atoms with E-state index >= 15 is 0 Å². The van der Waals surface area contributed by atoms with Gasteiger partial charge in [0.2, 0.25) is 0 Å². The molecule has 112 valence electrons. The fourth-order valence-electron chi connectivity index (χ4n) is 2.96. The Kier molecular flexibility index (Phi) is 5.83. The first-order valence-electron chi connectivity index (χ1n) is 7.24. The van der Waals surface area contributed by atoms with E-state index in [2.05, 4.69) is 4.90 Å². The number of aliphatic hydroxyl groups is 1.